The summed E-state index contributed by atoms with van der Waals surface area (Å²) in [5.41, 5.74) is 0.340. The number of amides is 1. The van der Waals surface area contributed by atoms with E-state index in [0.717, 1.165) is 18.4 Å². The van der Waals surface area contributed by atoms with Crippen molar-refractivity contribution in [1.29, 1.82) is 0 Å². The molecule has 136 valence electrons. The van der Waals surface area contributed by atoms with Crippen LogP contribution in [0.25, 0.3) is 0 Å². The van der Waals surface area contributed by atoms with Gasteiger partial charge in [-0.2, -0.15) is 0 Å². The van der Waals surface area contributed by atoms with Crippen molar-refractivity contribution >= 4 is 11.9 Å². The minimum Gasteiger partial charge on any atom is -0.480 e. The third-order valence-corrected chi connectivity index (χ3v) is 4.90. The Morgan fingerprint density at radius 1 is 1.36 bits per heavy atom. The van der Waals surface area contributed by atoms with Gasteiger partial charge in [-0.15, -0.1) is 0 Å². The molecule has 2 fully saturated rings. The van der Waals surface area contributed by atoms with Gasteiger partial charge in [-0.3, -0.25) is 14.5 Å². The number of hydrogen-bond donors (Lipinski definition) is 1. The summed E-state index contributed by atoms with van der Waals surface area (Å²) in [6, 6.07) is 6.18. The van der Waals surface area contributed by atoms with Gasteiger partial charge in [0.15, 0.2) is 0 Å². The van der Waals surface area contributed by atoms with Crippen LogP contribution in [0.15, 0.2) is 24.3 Å². The Balaban J connectivity index is 1.64. The average Bonchev–Trinajstić information content (AvgIpc) is 3.36. The predicted molar refractivity (Wildman–Crippen MR) is 88.8 cm³/mol. The van der Waals surface area contributed by atoms with Crippen LogP contribution in [-0.2, 0) is 19.7 Å². The number of hydrogen-bond acceptors (Lipinski definition) is 4. The summed E-state index contributed by atoms with van der Waals surface area (Å²) >= 11 is 0. The molecule has 1 atom stereocenters. The Labute approximate surface area is 146 Å². The lowest BCUT2D eigenvalue weighted by atomic mass is 9.94. The van der Waals surface area contributed by atoms with Crippen molar-refractivity contribution in [3.8, 4) is 0 Å². The minimum atomic E-state index is -0.889. The van der Waals surface area contributed by atoms with Crippen molar-refractivity contribution < 1.29 is 23.8 Å². The van der Waals surface area contributed by atoms with Crippen molar-refractivity contribution in [2.75, 3.05) is 39.8 Å². The molecule has 7 heteroatoms. The fourth-order valence-electron chi connectivity index (χ4n) is 3.48. The van der Waals surface area contributed by atoms with Crippen LogP contribution in [0.1, 0.15) is 18.4 Å². The molecule has 1 aromatic carbocycles. The standard InChI is InChI=1S/C18H23FN2O4/c1-20(12-16(22)23)10-15-11-21(8-9-25-15)17(24)18(6-7-18)13-2-4-14(19)5-3-13/h2-5,15H,6-12H2,1H3,(H,22,23). The molecule has 1 aromatic rings. The van der Waals surface area contributed by atoms with Crippen LogP contribution >= 0.6 is 0 Å². The van der Waals surface area contributed by atoms with Crippen LogP contribution in [0.4, 0.5) is 4.39 Å². The number of ether oxygens (including phenoxy) is 1. The Morgan fingerprint density at radius 3 is 2.64 bits per heavy atom. The van der Waals surface area contributed by atoms with Crippen molar-refractivity contribution in [2.24, 2.45) is 0 Å². The molecule has 1 aliphatic carbocycles. The van der Waals surface area contributed by atoms with E-state index in [9.17, 15) is 14.0 Å². The number of nitrogens with zero attached hydrogens (tertiary/aromatic N) is 2. The Hall–Kier alpha value is -1.99. The molecule has 25 heavy (non-hydrogen) atoms. The van der Waals surface area contributed by atoms with E-state index in [1.54, 1.807) is 29.0 Å². The number of carbonyl (C=O) groups excluding carboxylic acids is 1. The molecule has 3 rings (SSSR count). The Kier molecular flexibility index (Phi) is 5.06. The second kappa shape index (κ2) is 7.09. The van der Waals surface area contributed by atoms with Crippen molar-refractivity contribution in [3.05, 3.63) is 35.6 Å². The molecular formula is C18H23FN2O4. The lowest BCUT2D eigenvalue weighted by molar-refractivity contribution is -0.144. The zero-order valence-electron chi connectivity index (χ0n) is 14.3. The van der Waals surface area contributed by atoms with Gasteiger partial charge in [0.05, 0.1) is 24.7 Å². The van der Waals surface area contributed by atoms with Gasteiger partial charge in [-0.1, -0.05) is 12.1 Å². The van der Waals surface area contributed by atoms with Gasteiger partial charge in [-0.25, -0.2) is 4.39 Å². The molecular weight excluding hydrogens is 327 g/mol. The van der Waals surface area contributed by atoms with Gasteiger partial charge in [-0.05, 0) is 37.6 Å². The van der Waals surface area contributed by atoms with E-state index in [1.807, 2.05) is 0 Å². The van der Waals surface area contributed by atoms with E-state index in [0.29, 0.717) is 26.2 Å². The summed E-state index contributed by atoms with van der Waals surface area (Å²) in [5.74, 6) is -1.13. The minimum absolute atomic E-state index is 0.0622. The molecule has 1 heterocycles. The van der Waals surface area contributed by atoms with Gasteiger partial charge in [0.1, 0.15) is 5.82 Å². The highest BCUT2D eigenvalue weighted by Crippen LogP contribution is 2.49. The molecule has 1 N–H and O–H groups in total. The molecule has 6 nitrogen and oxygen atoms in total. The molecule has 1 saturated heterocycles. The summed E-state index contributed by atoms with van der Waals surface area (Å²) in [6.45, 7) is 1.82. The summed E-state index contributed by atoms with van der Waals surface area (Å²) in [7, 11) is 1.72. The fourth-order valence-corrected chi connectivity index (χ4v) is 3.48. The molecule has 0 spiro atoms. The van der Waals surface area contributed by atoms with Crippen molar-refractivity contribution in [3.63, 3.8) is 0 Å². The van der Waals surface area contributed by atoms with E-state index in [1.165, 1.54) is 12.1 Å². The molecule has 2 aliphatic rings. The summed E-state index contributed by atoms with van der Waals surface area (Å²) < 4.78 is 18.8. The number of carboxylic acids is 1. The second-order valence-corrected chi connectivity index (χ2v) is 6.92. The first-order chi connectivity index (χ1) is 11.9. The highest BCUT2D eigenvalue weighted by molar-refractivity contribution is 5.91. The number of benzene rings is 1. The monoisotopic (exact) mass is 350 g/mol. The number of likely N-dealkylation sites (N-methyl/N-ethyl adjacent to an activating group) is 1. The molecule has 1 amide bonds. The number of aliphatic carboxylic acids is 1. The number of morpholine rings is 1. The zero-order valence-corrected chi connectivity index (χ0v) is 14.3. The van der Waals surface area contributed by atoms with E-state index in [4.69, 9.17) is 9.84 Å². The van der Waals surface area contributed by atoms with Crippen molar-refractivity contribution in [2.45, 2.75) is 24.4 Å². The normalized spacial score (nSPS) is 22.0. The molecule has 0 aromatic heterocycles. The van der Waals surface area contributed by atoms with Crippen LogP contribution in [0.5, 0.6) is 0 Å². The molecule has 1 aliphatic heterocycles. The first kappa shape index (κ1) is 17.8. The average molecular weight is 350 g/mol. The quantitative estimate of drug-likeness (QED) is 0.832. The van der Waals surface area contributed by atoms with Gasteiger partial charge in [0.2, 0.25) is 5.91 Å². The van der Waals surface area contributed by atoms with E-state index >= 15 is 0 Å². The van der Waals surface area contributed by atoms with E-state index in [2.05, 4.69) is 0 Å². The number of rotatable bonds is 6. The molecule has 1 unspecified atom stereocenters. The Morgan fingerprint density at radius 2 is 2.04 bits per heavy atom. The van der Waals surface area contributed by atoms with Crippen LogP contribution in [0.2, 0.25) is 0 Å². The fraction of sp³-hybridized carbons (Fsp3) is 0.556. The lowest BCUT2D eigenvalue weighted by Gasteiger charge is -2.36. The van der Waals surface area contributed by atoms with Gasteiger partial charge in [0.25, 0.3) is 0 Å². The third-order valence-electron chi connectivity index (χ3n) is 4.90. The maximum atomic E-state index is 13.2. The van der Waals surface area contributed by atoms with Crippen LogP contribution in [0.3, 0.4) is 0 Å². The lowest BCUT2D eigenvalue weighted by Crippen LogP contribution is -2.52. The van der Waals surface area contributed by atoms with Gasteiger partial charge >= 0.3 is 5.97 Å². The first-order valence-corrected chi connectivity index (χ1v) is 8.48. The molecule has 1 saturated carbocycles. The number of carbonyl (C=O) groups is 2. The smallest absolute Gasteiger partial charge is 0.317 e. The maximum Gasteiger partial charge on any atom is 0.317 e. The maximum absolute atomic E-state index is 13.2. The summed E-state index contributed by atoms with van der Waals surface area (Å²) in [6.07, 6.45) is 1.35. The highest BCUT2D eigenvalue weighted by atomic mass is 19.1. The summed E-state index contributed by atoms with van der Waals surface area (Å²) in [4.78, 5) is 27.3. The van der Waals surface area contributed by atoms with Crippen molar-refractivity contribution in [1.82, 2.24) is 9.80 Å². The number of carboxylic acid groups (broad SMARTS) is 1. The van der Waals surface area contributed by atoms with E-state index < -0.39 is 11.4 Å². The van der Waals surface area contributed by atoms with E-state index in [-0.39, 0.29) is 24.4 Å². The van der Waals surface area contributed by atoms with Gasteiger partial charge < -0.3 is 14.7 Å². The van der Waals surface area contributed by atoms with Gasteiger partial charge in [0, 0.05) is 19.6 Å². The number of halogens is 1. The Bertz CT molecular complexity index is 645. The second-order valence-electron chi connectivity index (χ2n) is 6.92. The molecule has 0 bridgehead atoms. The topological polar surface area (TPSA) is 70.1 Å². The third kappa shape index (κ3) is 3.99. The largest absolute Gasteiger partial charge is 0.480 e. The van der Waals surface area contributed by atoms with Crippen LogP contribution in [-0.4, -0.2) is 72.7 Å². The summed E-state index contributed by atoms with van der Waals surface area (Å²) in [5, 5.41) is 8.84. The molecule has 0 radical (unpaired) electrons. The van der Waals surface area contributed by atoms with Crippen LogP contribution < -0.4 is 0 Å². The predicted octanol–water partition coefficient (Wildman–Crippen LogP) is 1.10. The SMILES string of the molecule is CN(CC(=O)O)CC1CN(C(=O)C2(c3ccc(F)cc3)CC2)CCO1. The first-order valence-electron chi connectivity index (χ1n) is 8.48. The zero-order chi connectivity index (χ0) is 18.0. The highest BCUT2D eigenvalue weighted by Gasteiger charge is 2.53. The van der Waals surface area contributed by atoms with Crippen LogP contribution in [0, 0.1) is 5.82 Å².